The number of cyclic esters (lactones) is 1. The second-order valence-electron chi connectivity index (χ2n) is 7.37. The van der Waals surface area contributed by atoms with Crippen molar-refractivity contribution in [2.24, 2.45) is 0 Å². The lowest BCUT2D eigenvalue weighted by Crippen LogP contribution is -2.24. The number of benzene rings is 1. The molecule has 1 atom stereocenters. The minimum absolute atomic E-state index is 0.0753. The summed E-state index contributed by atoms with van der Waals surface area (Å²) in [6.45, 7) is 2.31. The van der Waals surface area contributed by atoms with E-state index >= 15 is 0 Å². The van der Waals surface area contributed by atoms with Crippen LogP contribution in [0, 0.1) is 6.92 Å². The van der Waals surface area contributed by atoms with Crippen LogP contribution in [0.25, 0.3) is 15.9 Å². The van der Waals surface area contributed by atoms with Gasteiger partial charge in [-0.1, -0.05) is 29.4 Å². The van der Waals surface area contributed by atoms with Gasteiger partial charge in [-0.15, -0.1) is 11.3 Å². The smallest absolute Gasteiger partial charge is 0.319 e. The van der Waals surface area contributed by atoms with Gasteiger partial charge < -0.3 is 4.74 Å². The Labute approximate surface area is 181 Å². The first kappa shape index (κ1) is 19.2. The minimum atomic E-state index is -0.348. The van der Waals surface area contributed by atoms with E-state index < -0.39 is 0 Å². The highest BCUT2D eigenvalue weighted by atomic mass is 35.5. The summed E-state index contributed by atoms with van der Waals surface area (Å²) >= 11 is 9.29. The number of ether oxygens (including phenoxy) is 1. The third-order valence-corrected chi connectivity index (χ3v) is 8.37. The number of esters is 1. The molecule has 2 aromatic heterocycles. The normalized spacial score (nSPS) is 18.8. The second kappa shape index (κ2) is 7.45. The van der Waals surface area contributed by atoms with Crippen LogP contribution in [0.15, 0.2) is 28.2 Å². The molecule has 2 aliphatic rings. The van der Waals surface area contributed by atoms with Crippen molar-refractivity contribution in [3.05, 3.63) is 49.6 Å². The number of hydrogen-bond donors (Lipinski definition) is 0. The van der Waals surface area contributed by atoms with E-state index in [4.69, 9.17) is 21.3 Å². The van der Waals surface area contributed by atoms with E-state index in [0.717, 1.165) is 47.0 Å². The molecule has 1 fully saturated rings. The molecule has 5 rings (SSSR count). The number of carbonyl (C=O) groups excluding carboxylic acids is 1. The lowest BCUT2D eigenvalue weighted by molar-refractivity contribution is -0.137. The highest BCUT2D eigenvalue weighted by Crippen LogP contribution is 2.37. The molecule has 150 valence electrons. The maximum absolute atomic E-state index is 13.8. The van der Waals surface area contributed by atoms with Gasteiger partial charge in [-0.25, -0.2) is 4.98 Å². The van der Waals surface area contributed by atoms with Crippen LogP contribution in [-0.4, -0.2) is 27.4 Å². The number of aromatic nitrogens is 2. The lowest BCUT2D eigenvalue weighted by atomic mass is 9.97. The fraction of sp³-hybridized carbons (Fsp3) is 0.381. The summed E-state index contributed by atoms with van der Waals surface area (Å²) in [5, 5.41) is 1.50. The highest BCUT2D eigenvalue weighted by molar-refractivity contribution is 8.00. The summed E-state index contributed by atoms with van der Waals surface area (Å²) in [5.41, 5.74) is 2.60. The van der Waals surface area contributed by atoms with E-state index in [1.807, 2.05) is 25.1 Å². The minimum Gasteiger partial charge on any atom is -0.465 e. The van der Waals surface area contributed by atoms with Crippen LogP contribution in [0.5, 0.6) is 0 Å². The van der Waals surface area contributed by atoms with Crippen molar-refractivity contribution in [3.63, 3.8) is 0 Å². The number of carbonyl (C=O) groups is 1. The molecule has 1 aliphatic carbocycles. The maximum atomic E-state index is 13.8. The van der Waals surface area contributed by atoms with Crippen molar-refractivity contribution in [2.75, 3.05) is 6.61 Å². The maximum Gasteiger partial charge on any atom is 0.319 e. The fourth-order valence-electron chi connectivity index (χ4n) is 4.03. The monoisotopic (exact) mass is 446 g/mol. The number of nitrogens with zero attached hydrogens (tertiary/aromatic N) is 2. The van der Waals surface area contributed by atoms with Gasteiger partial charge in [0.05, 0.1) is 17.7 Å². The molecule has 29 heavy (non-hydrogen) atoms. The predicted molar refractivity (Wildman–Crippen MR) is 117 cm³/mol. The number of fused-ring (bicyclic) bond motifs is 3. The van der Waals surface area contributed by atoms with Gasteiger partial charge in [0.1, 0.15) is 10.1 Å². The molecule has 0 bridgehead atoms. The molecule has 3 heterocycles. The Morgan fingerprint density at radius 3 is 2.90 bits per heavy atom. The average molecular weight is 447 g/mol. The molecule has 1 unspecified atom stereocenters. The van der Waals surface area contributed by atoms with Gasteiger partial charge >= 0.3 is 5.97 Å². The highest BCUT2D eigenvalue weighted by Gasteiger charge is 2.31. The molecule has 0 saturated carbocycles. The third kappa shape index (κ3) is 3.20. The molecule has 0 amide bonds. The summed E-state index contributed by atoms with van der Waals surface area (Å²) < 4.78 is 6.76. The molecule has 1 aromatic carbocycles. The number of thioether (sulfide) groups is 1. The van der Waals surface area contributed by atoms with Crippen LogP contribution in [0.4, 0.5) is 0 Å². The van der Waals surface area contributed by atoms with E-state index in [0.29, 0.717) is 28.9 Å². The largest absolute Gasteiger partial charge is 0.465 e. The van der Waals surface area contributed by atoms with Crippen LogP contribution < -0.4 is 5.56 Å². The topological polar surface area (TPSA) is 61.2 Å². The van der Waals surface area contributed by atoms with E-state index in [9.17, 15) is 9.59 Å². The molecule has 1 aliphatic heterocycles. The molecule has 3 aromatic rings. The Morgan fingerprint density at radius 2 is 2.10 bits per heavy atom. The number of thiophene rings is 1. The third-order valence-electron chi connectivity index (χ3n) is 5.57. The van der Waals surface area contributed by atoms with Gasteiger partial charge in [0.15, 0.2) is 5.16 Å². The van der Waals surface area contributed by atoms with Crippen LogP contribution in [0.3, 0.4) is 0 Å². The summed E-state index contributed by atoms with van der Waals surface area (Å²) in [5.74, 6) is -0.246. The van der Waals surface area contributed by atoms with Crippen molar-refractivity contribution in [1.29, 1.82) is 0 Å². The number of rotatable bonds is 3. The molecule has 0 radical (unpaired) electrons. The Morgan fingerprint density at radius 1 is 1.28 bits per heavy atom. The van der Waals surface area contributed by atoms with Gasteiger partial charge in [-0.05, 0) is 55.9 Å². The van der Waals surface area contributed by atoms with Crippen molar-refractivity contribution >= 4 is 50.9 Å². The Balaban J connectivity index is 1.78. The quantitative estimate of drug-likeness (QED) is 0.431. The van der Waals surface area contributed by atoms with Crippen molar-refractivity contribution < 1.29 is 9.53 Å². The number of aryl methyl sites for hydroxylation is 2. The molecule has 1 saturated heterocycles. The number of halogens is 1. The Hall–Kier alpha value is -1.83. The Kier molecular flexibility index (Phi) is 4.92. The first-order valence-corrected chi connectivity index (χ1v) is 11.8. The van der Waals surface area contributed by atoms with Gasteiger partial charge in [0, 0.05) is 16.3 Å². The zero-order chi connectivity index (χ0) is 20.1. The lowest BCUT2D eigenvalue weighted by Gasteiger charge is -2.16. The van der Waals surface area contributed by atoms with E-state index in [1.165, 1.54) is 16.6 Å². The summed E-state index contributed by atoms with van der Waals surface area (Å²) in [7, 11) is 0. The van der Waals surface area contributed by atoms with Crippen molar-refractivity contribution in [2.45, 2.75) is 49.4 Å². The molecule has 0 spiro atoms. The van der Waals surface area contributed by atoms with Gasteiger partial charge in [0.25, 0.3) is 5.56 Å². The van der Waals surface area contributed by atoms with Crippen LogP contribution >= 0.6 is 34.7 Å². The predicted octanol–water partition coefficient (Wildman–Crippen LogP) is 4.70. The van der Waals surface area contributed by atoms with Gasteiger partial charge in [-0.3, -0.25) is 14.2 Å². The zero-order valence-corrected chi connectivity index (χ0v) is 18.3. The first-order chi connectivity index (χ1) is 14.0. The SMILES string of the molecule is Cc1c(Cl)cccc1-n1c(SC2CCOC2=O)nc2sc3c(c2c1=O)CCCC3. The van der Waals surface area contributed by atoms with Crippen LogP contribution in [0.1, 0.15) is 35.3 Å². The molecule has 8 heteroatoms. The standard InChI is InChI=1S/C21H19ClN2O3S2/c1-11-13(22)6-4-7-14(11)24-19(25)17-12-5-2-3-8-15(12)28-18(17)23-21(24)29-16-9-10-27-20(16)26/h4,6-7,16H,2-3,5,8-10H2,1H3. The average Bonchev–Trinajstić information content (AvgIpc) is 3.28. The van der Waals surface area contributed by atoms with Crippen LogP contribution in [0.2, 0.25) is 5.02 Å². The van der Waals surface area contributed by atoms with Crippen molar-refractivity contribution in [3.8, 4) is 5.69 Å². The molecule has 0 N–H and O–H groups in total. The second-order valence-corrected chi connectivity index (χ2v) is 10.0. The zero-order valence-electron chi connectivity index (χ0n) is 15.9. The van der Waals surface area contributed by atoms with Gasteiger partial charge in [-0.2, -0.15) is 0 Å². The van der Waals surface area contributed by atoms with E-state index in [-0.39, 0.29) is 16.8 Å². The van der Waals surface area contributed by atoms with Crippen molar-refractivity contribution in [1.82, 2.24) is 9.55 Å². The Bertz CT molecular complexity index is 1200. The van der Waals surface area contributed by atoms with E-state index in [1.54, 1.807) is 15.9 Å². The van der Waals surface area contributed by atoms with Gasteiger partial charge in [0.2, 0.25) is 0 Å². The van der Waals surface area contributed by atoms with Crippen LogP contribution in [-0.2, 0) is 22.4 Å². The molecule has 5 nitrogen and oxygen atoms in total. The molecular formula is C21H19ClN2O3S2. The summed E-state index contributed by atoms with van der Waals surface area (Å²) in [4.78, 5) is 32.8. The first-order valence-electron chi connectivity index (χ1n) is 9.70. The molecular weight excluding hydrogens is 428 g/mol. The fourth-order valence-corrected chi connectivity index (χ4v) is 6.57. The summed E-state index contributed by atoms with van der Waals surface area (Å²) in [6.07, 6.45) is 4.79. The summed E-state index contributed by atoms with van der Waals surface area (Å²) in [6, 6.07) is 5.53. The number of hydrogen-bond acceptors (Lipinski definition) is 6. The van der Waals surface area contributed by atoms with E-state index in [2.05, 4.69) is 0 Å².